The maximum absolute atomic E-state index is 3.94. The minimum Gasteiger partial charge on any atom is -0.165 e. The fraction of sp³-hybridized carbons (Fsp3) is 0.500. The number of aryl methyl sites for hydroxylation is 3. The molecule has 0 atom stereocenters. The van der Waals surface area contributed by atoms with E-state index in [1.54, 1.807) is 21.1 Å². The minimum absolute atomic E-state index is 0.0211. The van der Waals surface area contributed by atoms with Gasteiger partial charge in [-0.05, 0) is 26.1 Å². The monoisotopic (exact) mass is 319 g/mol. The van der Waals surface area contributed by atoms with E-state index < -0.39 is 0 Å². The molecule has 118 valence electrons. The summed E-state index contributed by atoms with van der Waals surface area (Å²) in [6, 6.07) is 0. The van der Waals surface area contributed by atoms with Gasteiger partial charge in [-0.2, -0.15) is 14.4 Å². The molecule has 0 saturated carbocycles. The fourth-order valence-electron chi connectivity index (χ4n) is 1.25. The summed E-state index contributed by atoms with van der Waals surface area (Å²) in [4.78, 5) is 3.67. The molecule has 3 heterocycles. The Morgan fingerprint density at radius 1 is 0.696 bits per heavy atom. The van der Waals surface area contributed by atoms with E-state index >= 15 is 0 Å². The van der Waals surface area contributed by atoms with Crippen molar-refractivity contribution in [1.29, 1.82) is 0 Å². The van der Waals surface area contributed by atoms with Crippen LogP contribution in [0.4, 0.5) is 17.8 Å². The lowest BCUT2D eigenvalue weighted by Gasteiger charge is -2.01. The number of aromatic nitrogens is 12. The van der Waals surface area contributed by atoms with Gasteiger partial charge in [0.05, 0.1) is 21.1 Å². The first kappa shape index (κ1) is 14.2. The Balaban J connectivity index is 1.84. The van der Waals surface area contributed by atoms with Gasteiger partial charge in [-0.25, -0.2) is 0 Å². The van der Waals surface area contributed by atoms with E-state index in [-0.39, 0.29) is 17.8 Å². The summed E-state index contributed by atoms with van der Waals surface area (Å²) < 4.78 is 0. The number of hydrogen-bond acceptors (Lipinski definition) is 13. The van der Waals surface area contributed by atoms with E-state index in [1.165, 1.54) is 14.4 Å². The van der Waals surface area contributed by atoms with E-state index in [1.807, 2.05) is 0 Å². The molecule has 0 aliphatic rings. The second kappa shape index (κ2) is 5.91. The van der Waals surface area contributed by atoms with Crippen molar-refractivity contribution in [3.8, 4) is 0 Å². The zero-order valence-electron chi connectivity index (χ0n) is 12.1. The van der Waals surface area contributed by atoms with Crippen LogP contribution in [0.2, 0.25) is 0 Å². The predicted octanol–water partition coefficient (Wildman–Crippen LogP) is -1.54. The molecule has 3 aromatic rings. The second-order valence-electron chi connectivity index (χ2n) is 3.90. The van der Waals surface area contributed by atoms with Gasteiger partial charge < -0.3 is 0 Å². The topological polar surface area (TPSA) is 183 Å². The third-order valence-electron chi connectivity index (χ3n) is 2.11. The smallest absolute Gasteiger partial charge is 0.165 e. The summed E-state index contributed by atoms with van der Waals surface area (Å²) in [6.07, 6.45) is 0. The maximum atomic E-state index is 3.94. The number of hydrogen-bond donors (Lipinski definition) is 0. The van der Waals surface area contributed by atoms with Gasteiger partial charge in [0.15, 0.2) is 0 Å². The molecule has 0 amide bonds. The third-order valence-corrected chi connectivity index (χ3v) is 2.11. The van der Waals surface area contributed by atoms with Crippen molar-refractivity contribution in [3.05, 3.63) is 0 Å². The van der Waals surface area contributed by atoms with Crippen LogP contribution in [0.25, 0.3) is 0 Å². The highest BCUT2D eigenvalue weighted by atomic mass is 15.8. The average Bonchev–Trinajstić information content (AvgIpc) is 3.22. The molecule has 3 aromatic heterocycles. The fourth-order valence-corrected chi connectivity index (χ4v) is 1.25. The molecular formula is C6H9N17. The Kier molecular flexibility index (Phi) is 3.64. The Hall–Kier alpha value is -3.79. The Morgan fingerprint density at radius 3 is 1.57 bits per heavy atom. The van der Waals surface area contributed by atoms with Crippen molar-refractivity contribution in [2.24, 2.45) is 41.8 Å². The number of anilines is 1. The first-order valence-electron chi connectivity index (χ1n) is 5.95. The standard InChI is InChI=1S/C6H9N17/c1-20-12-4(7-15-20)9-18-23(6-11-17-22(3)14-6)19-10-5-8-16-21(2)13-5/h1-3H3/b18-9+,19-10+. The molecule has 0 fully saturated rings. The molecule has 0 aliphatic heterocycles. The van der Waals surface area contributed by atoms with E-state index in [2.05, 4.69) is 66.9 Å². The highest BCUT2D eigenvalue weighted by Gasteiger charge is 2.12. The van der Waals surface area contributed by atoms with Gasteiger partial charge in [0.25, 0.3) is 0 Å². The Morgan fingerprint density at radius 2 is 1.17 bits per heavy atom. The number of tetrazole rings is 3. The summed E-state index contributed by atoms with van der Waals surface area (Å²) in [7, 11) is 4.76. The molecule has 17 heteroatoms. The Labute approximate surface area is 126 Å². The first-order valence-corrected chi connectivity index (χ1v) is 5.95. The quantitative estimate of drug-likeness (QED) is 0.394. The van der Waals surface area contributed by atoms with Gasteiger partial charge in [0.1, 0.15) is 0 Å². The number of rotatable bonds is 5. The molecule has 0 N–H and O–H groups in total. The molecule has 0 aliphatic carbocycles. The normalized spacial score (nSPS) is 11.8. The van der Waals surface area contributed by atoms with E-state index in [9.17, 15) is 0 Å². The molecule has 17 nitrogen and oxygen atoms in total. The summed E-state index contributed by atoms with van der Waals surface area (Å²) >= 11 is 0. The van der Waals surface area contributed by atoms with E-state index in [4.69, 9.17) is 0 Å². The molecule has 0 saturated heterocycles. The molecule has 3 rings (SSSR count). The van der Waals surface area contributed by atoms with Crippen LogP contribution >= 0.6 is 0 Å². The molecule has 0 radical (unpaired) electrons. The van der Waals surface area contributed by atoms with Crippen molar-refractivity contribution < 1.29 is 0 Å². The SMILES string of the molecule is Cn1nnc(/N=N/N(/N=N/c2nnn(C)n2)c2nnn(C)n2)n1. The van der Waals surface area contributed by atoms with Crippen molar-refractivity contribution in [2.75, 3.05) is 5.12 Å². The zero-order chi connectivity index (χ0) is 16.2. The largest absolute Gasteiger partial charge is 0.310 e. The van der Waals surface area contributed by atoms with E-state index in [0.29, 0.717) is 0 Å². The summed E-state index contributed by atoms with van der Waals surface area (Å²) in [5, 5.41) is 49.5. The lowest BCUT2D eigenvalue weighted by Crippen LogP contribution is -2.08. The van der Waals surface area contributed by atoms with Gasteiger partial charge in [-0.15, -0.1) is 15.3 Å². The van der Waals surface area contributed by atoms with Crippen LogP contribution in [0.5, 0.6) is 0 Å². The van der Waals surface area contributed by atoms with Gasteiger partial charge in [0, 0.05) is 0 Å². The minimum atomic E-state index is 0.0211. The van der Waals surface area contributed by atoms with Crippen molar-refractivity contribution >= 4 is 17.8 Å². The van der Waals surface area contributed by atoms with Crippen LogP contribution in [0.15, 0.2) is 20.7 Å². The molecule has 0 spiro atoms. The molecule has 0 aromatic carbocycles. The van der Waals surface area contributed by atoms with Crippen LogP contribution < -0.4 is 5.12 Å². The van der Waals surface area contributed by atoms with Crippen LogP contribution in [0, 0.1) is 0 Å². The van der Waals surface area contributed by atoms with Crippen LogP contribution in [0.3, 0.4) is 0 Å². The van der Waals surface area contributed by atoms with Gasteiger partial charge in [-0.1, -0.05) is 30.6 Å². The zero-order valence-corrected chi connectivity index (χ0v) is 12.1. The summed E-state index contributed by atoms with van der Waals surface area (Å²) in [5.74, 6) is 0.0659. The lowest BCUT2D eigenvalue weighted by molar-refractivity contribution is 0.627. The average molecular weight is 319 g/mol. The van der Waals surface area contributed by atoms with Crippen LogP contribution in [0.1, 0.15) is 0 Å². The summed E-state index contributed by atoms with van der Waals surface area (Å²) in [6.45, 7) is 0. The third kappa shape index (κ3) is 3.46. The van der Waals surface area contributed by atoms with E-state index in [0.717, 1.165) is 5.12 Å². The Bertz CT molecular complexity index is 783. The first-order chi connectivity index (χ1) is 11.1. The highest BCUT2D eigenvalue weighted by molar-refractivity contribution is 5.22. The second-order valence-corrected chi connectivity index (χ2v) is 3.90. The number of nitrogens with zero attached hydrogens (tertiary/aromatic N) is 17. The molecular weight excluding hydrogens is 310 g/mol. The molecule has 23 heavy (non-hydrogen) atoms. The van der Waals surface area contributed by atoms with Crippen LogP contribution in [-0.4, -0.2) is 60.6 Å². The van der Waals surface area contributed by atoms with Crippen molar-refractivity contribution in [1.82, 2.24) is 60.6 Å². The molecule has 0 bridgehead atoms. The van der Waals surface area contributed by atoms with Gasteiger partial charge in [0.2, 0.25) is 0 Å². The van der Waals surface area contributed by atoms with Gasteiger partial charge >= 0.3 is 17.8 Å². The molecule has 0 unspecified atom stereocenters. The van der Waals surface area contributed by atoms with Gasteiger partial charge in [-0.3, -0.25) is 0 Å². The van der Waals surface area contributed by atoms with Crippen molar-refractivity contribution in [2.45, 2.75) is 0 Å². The van der Waals surface area contributed by atoms with Crippen LogP contribution in [-0.2, 0) is 21.1 Å². The summed E-state index contributed by atoms with van der Waals surface area (Å²) in [5.41, 5.74) is 0. The maximum Gasteiger partial charge on any atom is 0.310 e. The van der Waals surface area contributed by atoms with Crippen molar-refractivity contribution in [3.63, 3.8) is 0 Å². The predicted molar refractivity (Wildman–Crippen MR) is 67.9 cm³/mol. The highest BCUT2D eigenvalue weighted by Crippen LogP contribution is 2.11. The lowest BCUT2D eigenvalue weighted by atomic mass is 11.1.